The standard InChI is InChI=1S/C12H14BrN5O2/c1-3-9-11(18(19)20)10(4-2)17(16-9)12-8(14)5-7(13)6-15-12/h5-6H,3-4,14H2,1-2H3. The van der Waals surface area contributed by atoms with E-state index >= 15 is 0 Å². The molecule has 0 aliphatic rings. The topological polar surface area (TPSA) is 99.9 Å². The first-order chi connectivity index (χ1) is 9.49. The van der Waals surface area contributed by atoms with Crippen molar-refractivity contribution in [1.29, 1.82) is 0 Å². The Kier molecular flexibility index (Phi) is 4.03. The minimum absolute atomic E-state index is 0.0547. The summed E-state index contributed by atoms with van der Waals surface area (Å²) < 4.78 is 2.22. The van der Waals surface area contributed by atoms with Crippen LogP contribution in [0.2, 0.25) is 0 Å². The van der Waals surface area contributed by atoms with Crippen molar-refractivity contribution in [2.24, 2.45) is 0 Å². The lowest BCUT2D eigenvalue weighted by molar-refractivity contribution is -0.386. The second kappa shape index (κ2) is 5.58. The van der Waals surface area contributed by atoms with Crippen LogP contribution in [0.15, 0.2) is 16.7 Å². The molecule has 0 spiro atoms. The number of anilines is 1. The van der Waals surface area contributed by atoms with Gasteiger partial charge in [0.05, 0.1) is 10.6 Å². The Morgan fingerprint density at radius 2 is 2.15 bits per heavy atom. The van der Waals surface area contributed by atoms with Crippen LogP contribution in [0.5, 0.6) is 0 Å². The highest BCUT2D eigenvalue weighted by molar-refractivity contribution is 9.10. The van der Waals surface area contributed by atoms with Gasteiger partial charge in [-0.15, -0.1) is 0 Å². The highest BCUT2D eigenvalue weighted by atomic mass is 79.9. The zero-order valence-corrected chi connectivity index (χ0v) is 12.7. The smallest absolute Gasteiger partial charge is 0.313 e. The van der Waals surface area contributed by atoms with E-state index < -0.39 is 4.92 Å². The van der Waals surface area contributed by atoms with E-state index in [-0.39, 0.29) is 5.69 Å². The van der Waals surface area contributed by atoms with Crippen LogP contribution in [-0.2, 0) is 12.8 Å². The highest BCUT2D eigenvalue weighted by Gasteiger charge is 2.27. The van der Waals surface area contributed by atoms with Gasteiger partial charge in [-0.1, -0.05) is 13.8 Å². The van der Waals surface area contributed by atoms with Crippen LogP contribution in [0, 0.1) is 10.1 Å². The van der Waals surface area contributed by atoms with Crippen molar-refractivity contribution in [3.8, 4) is 5.82 Å². The molecule has 2 N–H and O–H groups in total. The monoisotopic (exact) mass is 339 g/mol. The lowest BCUT2D eigenvalue weighted by atomic mass is 10.2. The molecule has 0 amide bonds. The van der Waals surface area contributed by atoms with Crippen molar-refractivity contribution in [2.75, 3.05) is 5.73 Å². The summed E-state index contributed by atoms with van der Waals surface area (Å²) in [6.07, 6.45) is 2.54. The summed E-state index contributed by atoms with van der Waals surface area (Å²) in [5.74, 6) is 0.410. The fraction of sp³-hybridized carbons (Fsp3) is 0.333. The van der Waals surface area contributed by atoms with Crippen LogP contribution >= 0.6 is 15.9 Å². The molecule has 0 unspecified atom stereocenters. The highest BCUT2D eigenvalue weighted by Crippen LogP contribution is 2.29. The summed E-state index contributed by atoms with van der Waals surface area (Å²) in [6.45, 7) is 3.67. The maximum Gasteiger partial charge on any atom is 0.313 e. The number of hydrogen-bond donors (Lipinski definition) is 1. The van der Waals surface area contributed by atoms with Crippen LogP contribution in [-0.4, -0.2) is 19.7 Å². The van der Waals surface area contributed by atoms with Gasteiger partial charge in [-0.05, 0) is 34.8 Å². The maximum atomic E-state index is 11.2. The van der Waals surface area contributed by atoms with Gasteiger partial charge in [-0.3, -0.25) is 10.1 Å². The summed E-state index contributed by atoms with van der Waals surface area (Å²) in [4.78, 5) is 15.1. The maximum absolute atomic E-state index is 11.2. The number of halogens is 1. The van der Waals surface area contributed by atoms with Crippen molar-refractivity contribution in [3.05, 3.63) is 38.2 Å². The molecule has 0 saturated heterocycles. The van der Waals surface area contributed by atoms with E-state index in [9.17, 15) is 10.1 Å². The number of rotatable bonds is 4. The zero-order chi connectivity index (χ0) is 14.9. The number of aromatic nitrogens is 3. The molecular weight excluding hydrogens is 326 g/mol. The Morgan fingerprint density at radius 1 is 1.45 bits per heavy atom. The molecule has 0 aliphatic carbocycles. The van der Waals surface area contributed by atoms with Crippen molar-refractivity contribution in [1.82, 2.24) is 14.8 Å². The third-order valence-corrected chi connectivity index (χ3v) is 3.37. The van der Waals surface area contributed by atoms with E-state index in [4.69, 9.17) is 5.73 Å². The molecule has 0 atom stereocenters. The summed E-state index contributed by atoms with van der Waals surface area (Å²) >= 11 is 3.28. The Labute approximate surface area is 124 Å². The molecule has 0 saturated carbocycles. The molecule has 0 bridgehead atoms. The largest absolute Gasteiger partial charge is 0.396 e. The quantitative estimate of drug-likeness (QED) is 0.681. The third-order valence-electron chi connectivity index (χ3n) is 2.94. The molecule has 0 radical (unpaired) electrons. The molecule has 0 aliphatic heterocycles. The van der Waals surface area contributed by atoms with Gasteiger partial charge in [0, 0.05) is 10.7 Å². The van der Waals surface area contributed by atoms with Crippen LogP contribution < -0.4 is 5.73 Å². The zero-order valence-electron chi connectivity index (χ0n) is 11.1. The van der Waals surface area contributed by atoms with Crippen LogP contribution in [0.3, 0.4) is 0 Å². The number of nitrogens with zero attached hydrogens (tertiary/aromatic N) is 4. The van der Waals surface area contributed by atoms with Crippen LogP contribution in [0.1, 0.15) is 25.2 Å². The van der Waals surface area contributed by atoms with Gasteiger partial charge in [0.25, 0.3) is 0 Å². The minimum atomic E-state index is -0.393. The summed E-state index contributed by atoms with van der Waals surface area (Å²) in [5.41, 5.74) is 7.35. The average molecular weight is 340 g/mol. The first-order valence-corrected chi connectivity index (χ1v) is 6.95. The third kappa shape index (κ3) is 2.38. The first-order valence-electron chi connectivity index (χ1n) is 6.16. The van der Waals surface area contributed by atoms with Gasteiger partial charge in [-0.25, -0.2) is 9.67 Å². The van der Waals surface area contributed by atoms with Gasteiger partial charge in [0.15, 0.2) is 5.82 Å². The Hall–Kier alpha value is -1.96. The van der Waals surface area contributed by atoms with E-state index in [2.05, 4.69) is 26.0 Å². The second-order valence-corrected chi connectivity index (χ2v) is 5.10. The summed E-state index contributed by atoms with van der Waals surface area (Å²) in [7, 11) is 0. The SMILES string of the molecule is CCc1nn(-c2ncc(Br)cc2N)c(CC)c1[N+](=O)[O-]. The van der Waals surface area contributed by atoms with Gasteiger partial charge >= 0.3 is 5.69 Å². The molecule has 2 heterocycles. The number of nitro groups is 1. The lowest BCUT2D eigenvalue weighted by Crippen LogP contribution is -2.08. The number of aryl methyl sites for hydroxylation is 1. The number of hydrogen-bond acceptors (Lipinski definition) is 5. The van der Waals surface area contributed by atoms with E-state index in [1.54, 1.807) is 12.3 Å². The van der Waals surface area contributed by atoms with Crippen LogP contribution in [0.4, 0.5) is 11.4 Å². The van der Waals surface area contributed by atoms with Crippen molar-refractivity contribution in [2.45, 2.75) is 26.7 Å². The molecule has 2 aromatic rings. The van der Waals surface area contributed by atoms with E-state index in [1.807, 2.05) is 13.8 Å². The fourth-order valence-electron chi connectivity index (χ4n) is 2.06. The number of nitrogens with two attached hydrogens (primary N) is 1. The average Bonchev–Trinajstić information content (AvgIpc) is 2.77. The molecule has 7 nitrogen and oxygen atoms in total. The van der Waals surface area contributed by atoms with Crippen molar-refractivity contribution >= 4 is 27.3 Å². The second-order valence-electron chi connectivity index (χ2n) is 4.18. The van der Waals surface area contributed by atoms with Gasteiger partial charge in [-0.2, -0.15) is 5.10 Å². The lowest BCUT2D eigenvalue weighted by Gasteiger charge is -2.07. The number of nitrogen functional groups attached to an aromatic ring is 1. The molecule has 106 valence electrons. The van der Waals surface area contributed by atoms with Gasteiger partial charge in [0.2, 0.25) is 0 Å². The molecule has 20 heavy (non-hydrogen) atoms. The van der Waals surface area contributed by atoms with E-state index in [1.165, 1.54) is 4.68 Å². The Balaban J connectivity index is 2.71. The van der Waals surface area contributed by atoms with Crippen molar-refractivity contribution in [3.63, 3.8) is 0 Å². The molecule has 0 fully saturated rings. The number of pyridine rings is 1. The Morgan fingerprint density at radius 3 is 2.65 bits per heavy atom. The van der Waals surface area contributed by atoms with Crippen LogP contribution in [0.25, 0.3) is 5.82 Å². The summed E-state index contributed by atoms with van der Waals surface area (Å²) in [6, 6.07) is 1.70. The molecule has 8 heteroatoms. The molecule has 0 aromatic carbocycles. The molecular formula is C12H14BrN5O2. The van der Waals surface area contributed by atoms with Gasteiger partial charge in [0.1, 0.15) is 11.4 Å². The van der Waals surface area contributed by atoms with Crippen molar-refractivity contribution < 1.29 is 4.92 Å². The van der Waals surface area contributed by atoms with Gasteiger partial charge < -0.3 is 5.73 Å². The van der Waals surface area contributed by atoms with E-state index in [0.29, 0.717) is 35.7 Å². The predicted octanol–water partition coefficient (Wildman–Crippen LogP) is 2.65. The predicted molar refractivity (Wildman–Crippen MR) is 78.9 cm³/mol. The first kappa shape index (κ1) is 14.4. The fourth-order valence-corrected chi connectivity index (χ4v) is 2.41. The minimum Gasteiger partial charge on any atom is -0.396 e. The van der Waals surface area contributed by atoms with E-state index in [0.717, 1.165) is 4.47 Å². The molecule has 2 rings (SSSR count). The normalized spacial score (nSPS) is 10.8. The summed E-state index contributed by atoms with van der Waals surface area (Å²) in [5, 5.41) is 15.5. The Bertz CT molecular complexity index is 668. The molecule has 2 aromatic heterocycles.